The van der Waals surface area contributed by atoms with Crippen molar-refractivity contribution in [1.29, 1.82) is 0 Å². The number of phenols is 1. The monoisotopic (exact) mass is 280 g/mol. The summed E-state index contributed by atoms with van der Waals surface area (Å²) in [5.74, 6) is -0.0771. The van der Waals surface area contributed by atoms with E-state index in [-0.39, 0.29) is 11.7 Å². The van der Waals surface area contributed by atoms with Crippen LogP contribution in [0, 0.1) is 0 Å². The lowest BCUT2D eigenvalue weighted by molar-refractivity contribution is 0.0953. The van der Waals surface area contributed by atoms with Gasteiger partial charge in [-0.2, -0.15) is 0 Å². The Morgan fingerprint density at radius 1 is 1.14 bits per heavy atom. The minimum Gasteiger partial charge on any atom is -0.508 e. The number of amides is 1. The molecule has 0 atom stereocenters. The van der Waals surface area contributed by atoms with Gasteiger partial charge in [0.05, 0.1) is 0 Å². The highest BCUT2D eigenvalue weighted by Gasteiger charge is 2.05. The van der Waals surface area contributed by atoms with Crippen LogP contribution in [0.5, 0.6) is 5.75 Å². The highest BCUT2D eigenvalue weighted by Crippen LogP contribution is 2.14. The predicted octanol–water partition coefficient (Wildman–Crippen LogP) is 2.85. The van der Waals surface area contributed by atoms with E-state index in [1.54, 1.807) is 18.2 Å². The molecule has 0 saturated carbocycles. The molecule has 0 radical (unpaired) electrons. The van der Waals surface area contributed by atoms with Crippen LogP contribution in [-0.2, 0) is 6.42 Å². The number of fused-ring (bicyclic) bond motifs is 1. The summed E-state index contributed by atoms with van der Waals surface area (Å²) in [4.78, 5) is 15.1. The Labute approximate surface area is 122 Å². The van der Waals surface area contributed by atoms with E-state index in [0.717, 1.165) is 11.9 Å². The number of aromatic nitrogens is 1. The Balaban J connectivity index is 1.59. The molecule has 1 aromatic heterocycles. The third-order valence-corrected chi connectivity index (χ3v) is 3.43. The van der Waals surface area contributed by atoms with Gasteiger partial charge in [-0.3, -0.25) is 4.79 Å². The van der Waals surface area contributed by atoms with Crippen molar-refractivity contribution in [2.24, 2.45) is 0 Å². The molecule has 0 unspecified atom stereocenters. The number of carbonyl (C=O) groups excluding carboxylic acids is 1. The molecule has 4 heteroatoms. The smallest absolute Gasteiger partial charge is 0.251 e. The van der Waals surface area contributed by atoms with Gasteiger partial charge in [-0.15, -0.1) is 0 Å². The Morgan fingerprint density at radius 2 is 2.05 bits per heavy atom. The van der Waals surface area contributed by atoms with Crippen molar-refractivity contribution in [3.8, 4) is 5.75 Å². The molecule has 1 heterocycles. The summed E-state index contributed by atoms with van der Waals surface area (Å²) in [6, 6.07) is 14.6. The topological polar surface area (TPSA) is 65.1 Å². The van der Waals surface area contributed by atoms with Crippen LogP contribution in [0.3, 0.4) is 0 Å². The third kappa shape index (κ3) is 3.05. The van der Waals surface area contributed by atoms with Crippen molar-refractivity contribution in [3.05, 3.63) is 65.9 Å². The fourth-order valence-electron chi connectivity index (χ4n) is 2.32. The van der Waals surface area contributed by atoms with E-state index in [1.807, 2.05) is 12.3 Å². The second-order valence-corrected chi connectivity index (χ2v) is 4.96. The number of nitrogens with one attached hydrogen (secondary N) is 2. The third-order valence-electron chi connectivity index (χ3n) is 3.43. The quantitative estimate of drug-likeness (QED) is 0.688. The fraction of sp³-hybridized carbons (Fsp3) is 0.118. The van der Waals surface area contributed by atoms with Gasteiger partial charge in [0.2, 0.25) is 0 Å². The van der Waals surface area contributed by atoms with Crippen LogP contribution in [0.25, 0.3) is 10.9 Å². The fourth-order valence-corrected chi connectivity index (χ4v) is 2.32. The van der Waals surface area contributed by atoms with Gasteiger partial charge in [-0.05, 0) is 47.7 Å². The van der Waals surface area contributed by atoms with Crippen LogP contribution < -0.4 is 5.32 Å². The van der Waals surface area contributed by atoms with Gasteiger partial charge in [-0.25, -0.2) is 0 Å². The van der Waals surface area contributed by atoms with Crippen molar-refractivity contribution < 1.29 is 9.90 Å². The van der Waals surface area contributed by atoms with Gasteiger partial charge in [0.1, 0.15) is 5.75 Å². The summed E-state index contributed by atoms with van der Waals surface area (Å²) >= 11 is 0. The molecule has 3 rings (SSSR count). The highest BCUT2D eigenvalue weighted by atomic mass is 16.3. The zero-order valence-electron chi connectivity index (χ0n) is 11.5. The first-order chi connectivity index (χ1) is 10.2. The van der Waals surface area contributed by atoms with Crippen molar-refractivity contribution in [1.82, 2.24) is 10.3 Å². The first kappa shape index (κ1) is 13.2. The van der Waals surface area contributed by atoms with Crippen molar-refractivity contribution in [2.45, 2.75) is 6.42 Å². The van der Waals surface area contributed by atoms with E-state index in [9.17, 15) is 9.90 Å². The van der Waals surface area contributed by atoms with Crippen molar-refractivity contribution >= 4 is 16.8 Å². The molecule has 0 aliphatic rings. The van der Waals surface area contributed by atoms with E-state index in [1.165, 1.54) is 17.0 Å². The number of aromatic hydroxyl groups is 1. The number of rotatable bonds is 4. The largest absolute Gasteiger partial charge is 0.508 e. The lowest BCUT2D eigenvalue weighted by atomic mass is 10.1. The second-order valence-electron chi connectivity index (χ2n) is 4.96. The van der Waals surface area contributed by atoms with Crippen LogP contribution in [-0.4, -0.2) is 22.5 Å². The highest BCUT2D eigenvalue weighted by molar-refractivity contribution is 5.94. The van der Waals surface area contributed by atoms with Crippen LogP contribution >= 0.6 is 0 Å². The van der Waals surface area contributed by atoms with Crippen LogP contribution in [0.1, 0.15) is 15.9 Å². The summed E-state index contributed by atoms with van der Waals surface area (Å²) in [5, 5.41) is 13.4. The number of hydrogen-bond acceptors (Lipinski definition) is 2. The molecule has 1 amide bonds. The molecule has 2 aromatic carbocycles. The summed E-state index contributed by atoms with van der Waals surface area (Å²) in [6.45, 7) is 0.556. The van der Waals surface area contributed by atoms with Crippen molar-refractivity contribution in [3.63, 3.8) is 0 Å². The second kappa shape index (κ2) is 5.71. The molecule has 3 aromatic rings. The maximum absolute atomic E-state index is 11.9. The minimum atomic E-state index is -0.174. The Hall–Kier alpha value is -2.75. The first-order valence-corrected chi connectivity index (χ1v) is 6.85. The summed E-state index contributed by atoms with van der Waals surface area (Å²) < 4.78 is 0. The summed E-state index contributed by atoms with van der Waals surface area (Å²) in [7, 11) is 0. The van der Waals surface area contributed by atoms with Gasteiger partial charge < -0.3 is 15.4 Å². The van der Waals surface area contributed by atoms with Gasteiger partial charge >= 0.3 is 0 Å². The Morgan fingerprint density at radius 3 is 2.90 bits per heavy atom. The number of benzene rings is 2. The number of H-pyrrole nitrogens is 1. The molecule has 0 bridgehead atoms. The normalized spacial score (nSPS) is 10.7. The van der Waals surface area contributed by atoms with Gasteiger partial charge in [-0.1, -0.05) is 18.2 Å². The number of aromatic amines is 1. The molecule has 0 fully saturated rings. The van der Waals surface area contributed by atoms with E-state index >= 15 is 0 Å². The maximum atomic E-state index is 11.9. The van der Waals surface area contributed by atoms with E-state index in [4.69, 9.17) is 0 Å². The number of hydrogen-bond donors (Lipinski definition) is 3. The number of carbonyl (C=O) groups is 1. The SMILES string of the molecule is O=C(NCCc1ccc2cc[nH]c2c1)c1cccc(O)c1. The van der Waals surface area contributed by atoms with Gasteiger partial charge in [0.25, 0.3) is 5.91 Å². The zero-order valence-corrected chi connectivity index (χ0v) is 11.5. The van der Waals surface area contributed by atoms with E-state index in [0.29, 0.717) is 12.1 Å². The minimum absolute atomic E-state index is 0.0971. The molecule has 0 aliphatic carbocycles. The average molecular weight is 280 g/mol. The molecule has 0 spiro atoms. The van der Waals surface area contributed by atoms with Crippen LogP contribution in [0.15, 0.2) is 54.7 Å². The lowest BCUT2D eigenvalue weighted by Gasteiger charge is -2.06. The maximum Gasteiger partial charge on any atom is 0.251 e. The molecule has 4 nitrogen and oxygen atoms in total. The molecular formula is C17H16N2O2. The van der Waals surface area contributed by atoms with E-state index < -0.39 is 0 Å². The number of phenolic OH excluding ortho intramolecular Hbond substituents is 1. The van der Waals surface area contributed by atoms with Crippen LogP contribution in [0.4, 0.5) is 0 Å². The molecular weight excluding hydrogens is 264 g/mol. The van der Waals surface area contributed by atoms with Gasteiger partial charge in [0, 0.05) is 23.8 Å². The molecule has 3 N–H and O–H groups in total. The average Bonchev–Trinajstić information content (AvgIpc) is 2.94. The molecule has 21 heavy (non-hydrogen) atoms. The zero-order chi connectivity index (χ0) is 14.7. The van der Waals surface area contributed by atoms with Gasteiger partial charge in [0.15, 0.2) is 0 Å². The summed E-state index contributed by atoms with van der Waals surface area (Å²) in [6.07, 6.45) is 2.68. The van der Waals surface area contributed by atoms with Crippen LogP contribution in [0.2, 0.25) is 0 Å². The molecule has 106 valence electrons. The predicted molar refractivity (Wildman–Crippen MR) is 82.4 cm³/mol. The molecule has 0 saturated heterocycles. The van der Waals surface area contributed by atoms with E-state index in [2.05, 4.69) is 28.5 Å². The Bertz CT molecular complexity index is 777. The standard InChI is InChI=1S/C17H16N2O2/c20-15-3-1-2-14(11-15)17(21)19-8-6-12-4-5-13-7-9-18-16(13)10-12/h1-5,7,9-11,18,20H,6,8H2,(H,19,21). The van der Waals surface area contributed by atoms with Crippen molar-refractivity contribution in [2.75, 3.05) is 6.54 Å². The Kier molecular flexibility index (Phi) is 3.60. The molecule has 0 aliphatic heterocycles. The first-order valence-electron chi connectivity index (χ1n) is 6.85. The lowest BCUT2D eigenvalue weighted by Crippen LogP contribution is -2.25. The summed E-state index contributed by atoms with van der Waals surface area (Å²) in [5.41, 5.74) is 2.74.